The molecule has 5 aromatic carbocycles. The molecule has 0 saturated heterocycles. The van der Waals surface area contributed by atoms with Gasteiger partial charge in [0.2, 0.25) is 0 Å². The monoisotopic (exact) mass is 610 g/mol. The zero-order valence-corrected chi connectivity index (χ0v) is 25.8. The second-order valence-corrected chi connectivity index (χ2v) is 10.4. The number of hydrogen-bond donors (Lipinski definition) is 3. The van der Waals surface area contributed by atoms with Crippen molar-refractivity contribution in [1.29, 1.82) is 0 Å². The van der Waals surface area contributed by atoms with Crippen molar-refractivity contribution in [3.63, 3.8) is 0 Å². The van der Waals surface area contributed by atoms with E-state index in [1.54, 1.807) is 28.1 Å². The Balaban J connectivity index is 0.000000189. The summed E-state index contributed by atoms with van der Waals surface area (Å²) in [5, 5.41) is 30.5. The average Bonchev–Trinajstić information content (AvgIpc) is 3.06. The van der Waals surface area contributed by atoms with E-state index in [9.17, 15) is 14.4 Å². The van der Waals surface area contributed by atoms with Gasteiger partial charge in [0, 0.05) is 6.42 Å². The molecule has 2 atom stereocenters. The smallest absolute Gasteiger partial charge is 0.310 e. The molecular formula is C37H38O8. The minimum Gasteiger partial charge on any atom is -0.497 e. The van der Waals surface area contributed by atoms with E-state index in [1.807, 2.05) is 103 Å². The topological polar surface area (TPSA) is 130 Å². The van der Waals surface area contributed by atoms with Crippen LogP contribution in [0.3, 0.4) is 0 Å². The number of benzene rings is 5. The maximum absolute atomic E-state index is 10.9. The molecule has 0 aliphatic carbocycles. The molecule has 3 N–H and O–H groups in total. The molecule has 0 saturated carbocycles. The molecule has 0 fully saturated rings. The third kappa shape index (κ3) is 10.1. The molecule has 5 rings (SSSR count). The second-order valence-electron chi connectivity index (χ2n) is 10.4. The molecule has 234 valence electrons. The van der Waals surface area contributed by atoms with E-state index in [0.29, 0.717) is 6.42 Å². The molecule has 8 heteroatoms. The van der Waals surface area contributed by atoms with Crippen molar-refractivity contribution < 1.29 is 39.2 Å². The fraction of sp³-hybridized carbons (Fsp3) is 0.216. The van der Waals surface area contributed by atoms with Crippen molar-refractivity contribution in [3.8, 4) is 11.5 Å². The van der Waals surface area contributed by atoms with Crippen LogP contribution in [0.25, 0.3) is 21.5 Å². The van der Waals surface area contributed by atoms with Gasteiger partial charge in [-0.3, -0.25) is 14.4 Å². The Hall–Kier alpha value is -5.37. The van der Waals surface area contributed by atoms with Gasteiger partial charge in [0.05, 0.1) is 26.1 Å². The van der Waals surface area contributed by atoms with E-state index >= 15 is 0 Å². The van der Waals surface area contributed by atoms with Crippen LogP contribution in [0.5, 0.6) is 11.5 Å². The maximum Gasteiger partial charge on any atom is 0.310 e. The van der Waals surface area contributed by atoms with Crippen molar-refractivity contribution >= 4 is 39.5 Å². The summed E-state index contributed by atoms with van der Waals surface area (Å²) >= 11 is 0. The van der Waals surface area contributed by atoms with Gasteiger partial charge < -0.3 is 24.8 Å². The first-order valence-corrected chi connectivity index (χ1v) is 14.4. The predicted octanol–water partition coefficient (Wildman–Crippen LogP) is 7.78. The molecule has 0 aliphatic rings. The summed E-state index contributed by atoms with van der Waals surface area (Å²) in [7, 11) is 3.25. The molecule has 0 spiro atoms. The van der Waals surface area contributed by atoms with Gasteiger partial charge in [0.25, 0.3) is 0 Å². The lowest BCUT2D eigenvalue weighted by Gasteiger charge is -2.08. The van der Waals surface area contributed by atoms with E-state index < -0.39 is 29.7 Å². The molecule has 0 unspecified atom stereocenters. The normalized spacial score (nSPS) is 11.6. The summed E-state index contributed by atoms with van der Waals surface area (Å²) in [6, 6.07) is 32.5. The minimum atomic E-state index is -0.808. The summed E-state index contributed by atoms with van der Waals surface area (Å²) in [5.41, 5.74) is 2.71. The van der Waals surface area contributed by atoms with Gasteiger partial charge in [0.15, 0.2) is 0 Å². The molecule has 45 heavy (non-hydrogen) atoms. The van der Waals surface area contributed by atoms with Gasteiger partial charge in [-0.2, -0.15) is 0 Å². The zero-order valence-electron chi connectivity index (χ0n) is 25.8. The lowest BCUT2D eigenvalue weighted by Crippen LogP contribution is -2.06. The molecule has 0 heterocycles. The Morgan fingerprint density at radius 3 is 1.36 bits per heavy atom. The fourth-order valence-electron chi connectivity index (χ4n) is 4.46. The SMILES string of the molecule is COc1ccc2cc([C@H](C)C(=O)O)ccc2c1.COc1ccc2cc([C@H](C)C(=O)O)ccc2c1.O=C(O)CCc1ccccc1. The van der Waals surface area contributed by atoms with Crippen LogP contribution in [0.2, 0.25) is 0 Å². The number of aryl methyl sites for hydroxylation is 1. The molecule has 0 radical (unpaired) electrons. The number of rotatable bonds is 9. The molecule has 0 aromatic heterocycles. The van der Waals surface area contributed by atoms with Crippen LogP contribution < -0.4 is 9.47 Å². The largest absolute Gasteiger partial charge is 0.497 e. The lowest BCUT2D eigenvalue weighted by atomic mass is 9.98. The third-order valence-corrected chi connectivity index (χ3v) is 7.35. The summed E-state index contributed by atoms with van der Waals surface area (Å²) in [4.78, 5) is 32.0. The Morgan fingerprint density at radius 1 is 0.578 bits per heavy atom. The first-order chi connectivity index (χ1) is 21.5. The fourth-order valence-corrected chi connectivity index (χ4v) is 4.46. The quantitative estimate of drug-likeness (QED) is 0.154. The van der Waals surface area contributed by atoms with Crippen molar-refractivity contribution in [2.45, 2.75) is 38.5 Å². The molecule has 5 aromatic rings. The molecule has 8 nitrogen and oxygen atoms in total. The van der Waals surface area contributed by atoms with Crippen LogP contribution >= 0.6 is 0 Å². The van der Waals surface area contributed by atoms with Gasteiger partial charge in [-0.25, -0.2) is 0 Å². The van der Waals surface area contributed by atoms with Crippen LogP contribution in [-0.2, 0) is 20.8 Å². The molecule has 0 amide bonds. The highest BCUT2D eigenvalue weighted by atomic mass is 16.5. The Bertz CT molecular complexity index is 1640. The Kier molecular flexibility index (Phi) is 12.5. The van der Waals surface area contributed by atoms with Crippen LogP contribution in [0.4, 0.5) is 0 Å². The number of carboxylic acid groups (broad SMARTS) is 3. The standard InChI is InChI=1S/2C14H14O3.C9H10O2/c2*1-9(14(15)16)10-3-4-12-8-13(17-2)6-5-11(12)7-10;10-9(11)7-6-8-4-2-1-3-5-8/h2*3-9H,1-2H3,(H,15,16);1-5H,6-7H2,(H,10,11)/t2*9-;/m00./s1. The summed E-state index contributed by atoms with van der Waals surface area (Å²) < 4.78 is 10.3. The van der Waals surface area contributed by atoms with E-state index in [0.717, 1.165) is 49.7 Å². The Morgan fingerprint density at radius 2 is 0.978 bits per heavy atom. The van der Waals surface area contributed by atoms with Crippen LogP contribution in [0, 0.1) is 0 Å². The van der Waals surface area contributed by atoms with E-state index in [1.165, 1.54) is 0 Å². The average molecular weight is 611 g/mol. The molecular weight excluding hydrogens is 572 g/mol. The van der Waals surface area contributed by atoms with Gasteiger partial charge in [-0.15, -0.1) is 0 Å². The summed E-state index contributed by atoms with van der Waals surface area (Å²) in [6.45, 7) is 3.38. The summed E-state index contributed by atoms with van der Waals surface area (Å²) in [6.07, 6.45) is 0.834. The zero-order chi connectivity index (χ0) is 32.9. The molecule has 0 aliphatic heterocycles. The summed E-state index contributed by atoms with van der Waals surface area (Å²) in [5.74, 6) is -1.72. The van der Waals surface area contributed by atoms with Crippen LogP contribution in [0.1, 0.15) is 48.8 Å². The van der Waals surface area contributed by atoms with Crippen molar-refractivity contribution in [2.75, 3.05) is 14.2 Å². The van der Waals surface area contributed by atoms with Gasteiger partial charge in [-0.1, -0.05) is 78.9 Å². The third-order valence-electron chi connectivity index (χ3n) is 7.35. The lowest BCUT2D eigenvalue weighted by molar-refractivity contribution is -0.139. The number of carbonyl (C=O) groups is 3. The van der Waals surface area contributed by atoms with E-state index in [4.69, 9.17) is 24.8 Å². The number of aliphatic carboxylic acids is 3. The second kappa shape index (κ2) is 16.5. The van der Waals surface area contributed by atoms with Crippen molar-refractivity contribution in [1.82, 2.24) is 0 Å². The van der Waals surface area contributed by atoms with Crippen molar-refractivity contribution in [2.24, 2.45) is 0 Å². The predicted molar refractivity (Wildman–Crippen MR) is 176 cm³/mol. The Labute approximate surface area is 262 Å². The molecule has 0 bridgehead atoms. The number of hydrogen-bond acceptors (Lipinski definition) is 5. The maximum atomic E-state index is 10.9. The first-order valence-electron chi connectivity index (χ1n) is 14.4. The van der Waals surface area contributed by atoms with Gasteiger partial charge in [0.1, 0.15) is 11.5 Å². The van der Waals surface area contributed by atoms with Crippen LogP contribution in [0.15, 0.2) is 103 Å². The van der Waals surface area contributed by atoms with E-state index in [2.05, 4.69) is 0 Å². The highest BCUT2D eigenvalue weighted by molar-refractivity contribution is 5.87. The number of methoxy groups -OCH3 is 2. The van der Waals surface area contributed by atoms with Gasteiger partial charge in [-0.05, 0) is 82.8 Å². The van der Waals surface area contributed by atoms with Gasteiger partial charge >= 0.3 is 17.9 Å². The number of carboxylic acids is 3. The number of ether oxygens (including phenoxy) is 2. The van der Waals surface area contributed by atoms with Crippen molar-refractivity contribution in [3.05, 3.63) is 120 Å². The van der Waals surface area contributed by atoms with Crippen LogP contribution in [-0.4, -0.2) is 47.4 Å². The first kappa shape index (κ1) is 34.1. The van der Waals surface area contributed by atoms with E-state index in [-0.39, 0.29) is 6.42 Å². The minimum absolute atomic E-state index is 0.212. The number of fused-ring (bicyclic) bond motifs is 2. The highest BCUT2D eigenvalue weighted by Crippen LogP contribution is 2.26. The highest BCUT2D eigenvalue weighted by Gasteiger charge is 2.14.